The molecule has 1 N–H and O–H groups in total. The van der Waals surface area contributed by atoms with Crippen molar-refractivity contribution in [1.82, 2.24) is 5.32 Å². The van der Waals surface area contributed by atoms with E-state index in [-0.39, 0.29) is 41.4 Å². The Balaban J connectivity index is 2.73. The van der Waals surface area contributed by atoms with Gasteiger partial charge in [-0.15, -0.1) is 0 Å². The Kier molecular flexibility index (Phi) is 37.4. The smallest absolute Gasteiger partial charge is 0.311 e. The molecular weight excluding hydrogens is 783 g/mol. The monoisotopic (exact) mass is 880 g/mol. The van der Waals surface area contributed by atoms with Crippen LogP contribution in [0.15, 0.2) is 42.5 Å². The van der Waals surface area contributed by atoms with Crippen LogP contribution < -0.4 is 14.8 Å². The van der Waals surface area contributed by atoms with E-state index in [1.807, 2.05) is 31.2 Å². The molecular formula is C56H97NO6. The molecule has 0 aliphatic heterocycles. The van der Waals surface area contributed by atoms with Crippen LogP contribution in [0.4, 0.5) is 0 Å². The standard InChI is InChI=1S/C56H97NO6/c1-7-10-13-16-18-20-22-24-26-28-30-32-34-37-40-42-53(58)61-50-46-45-49(52(48-57-56(4,5)6)63-55(60)44-39-36-15-12-9-3)47-51(50)62-54(59)43-41-38-35-33-31-29-27-25-23-21-19-17-14-11-8-2/h9,12,36,39,45-47,52,57H,7-8,10-11,13-35,37-38,40-44,48H2,1-6H3. The van der Waals surface area contributed by atoms with Gasteiger partial charge in [0.05, 0.1) is 6.42 Å². The van der Waals surface area contributed by atoms with Crippen molar-refractivity contribution in [1.29, 1.82) is 0 Å². The van der Waals surface area contributed by atoms with Gasteiger partial charge in [0.25, 0.3) is 0 Å². The predicted molar refractivity (Wildman–Crippen MR) is 267 cm³/mol. The van der Waals surface area contributed by atoms with E-state index < -0.39 is 6.10 Å². The number of ether oxygens (including phenoxy) is 3. The molecule has 0 aliphatic rings. The zero-order valence-corrected chi connectivity index (χ0v) is 41.8. The summed E-state index contributed by atoms with van der Waals surface area (Å²) >= 11 is 0. The average molecular weight is 880 g/mol. The van der Waals surface area contributed by atoms with Crippen LogP contribution in [0.3, 0.4) is 0 Å². The van der Waals surface area contributed by atoms with Crippen LogP contribution in [0.1, 0.15) is 272 Å². The third-order valence-electron chi connectivity index (χ3n) is 11.8. The first-order chi connectivity index (χ1) is 30.6. The van der Waals surface area contributed by atoms with E-state index in [1.54, 1.807) is 18.2 Å². The average Bonchev–Trinajstić information content (AvgIpc) is 3.25. The van der Waals surface area contributed by atoms with Gasteiger partial charge >= 0.3 is 17.9 Å². The normalized spacial score (nSPS) is 12.3. The summed E-state index contributed by atoms with van der Waals surface area (Å²) in [5.41, 5.74) is 0.442. The minimum Gasteiger partial charge on any atom is -0.456 e. The number of allylic oxidation sites excluding steroid dienone is 3. The highest BCUT2D eigenvalue weighted by Gasteiger charge is 2.23. The summed E-state index contributed by atoms with van der Waals surface area (Å²) in [7, 11) is 0. The number of unbranched alkanes of at least 4 members (excludes halogenated alkanes) is 28. The lowest BCUT2D eigenvalue weighted by Gasteiger charge is -2.26. The van der Waals surface area contributed by atoms with Crippen molar-refractivity contribution in [2.45, 2.75) is 271 Å². The Morgan fingerprint density at radius 3 is 1.32 bits per heavy atom. The van der Waals surface area contributed by atoms with Crippen molar-refractivity contribution < 1.29 is 28.6 Å². The first-order valence-corrected chi connectivity index (χ1v) is 26.4. The predicted octanol–water partition coefficient (Wildman–Crippen LogP) is 16.9. The second-order valence-electron chi connectivity index (χ2n) is 19.1. The van der Waals surface area contributed by atoms with Gasteiger partial charge < -0.3 is 19.5 Å². The number of hydrogen-bond acceptors (Lipinski definition) is 7. The second-order valence-corrected chi connectivity index (χ2v) is 19.1. The summed E-state index contributed by atoms with van der Waals surface area (Å²) in [5.74, 6) is -0.631. The summed E-state index contributed by atoms with van der Waals surface area (Å²) in [5, 5.41) is 3.45. The molecule has 7 heteroatoms. The third kappa shape index (κ3) is 36.0. The lowest BCUT2D eigenvalue weighted by molar-refractivity contribution is -0.148. The molecule has 1 rings (SSSR count). The molecule has 0 fully saturated rings. The molecule has 7 nitrogen and oxygen atoms in total. The van der Waals surface area contributed by atoms with Gasteiger partial charge in [0.1, 0.15) is 6.10 Å². The Bertz CT molecular complexity index is 1330. The van der Waals surface area contributed by atoms with Crippen molar-refractivity contribution in [2.24, 2.45) is 0 Å². The van der Waals surface area contributed by atoms with Crippen molar-refractivity contribution in [3.63, 3.8) is 0 Å². The molecule has 0 saturated heterocycles. The lowest BCUT2D eigenvalue weighted by Crippen LogP contribution is -2.39. The van der Waals surface area contributed by atoms with Crippen LogP contribution >= 0.6 is 0 Å². The molecule has 1 aromatic carbocycles. The van der Waals surface area contributed by atoms with Gasteiger partial charge in [0.2, 0.25) is 0 Å². The molecule has 0 heterocycles. The van der Waals surface area contributed by atoms with Gasteiger partial charge in [-0.05, 0) is 64.7 Å². The Morgan fingerprint density at radius 2 is 0.921 bits per heavy atom. The van der Waals surface area contributed by atoms with Gasteiger partial charge in [-0.3, -0.25) is 14.4 Å². The largest absolute Gasteiger partial charge is 0.456 e. The topological polar surface area (TPSA) is 90.9 Å². The molecule has 362 valence electrons. The lowest BCUT2D eigenvalue weighted by atomic mass is 10.0. The molecule has 0 aliphatic carbocycles. The number of benzene rings is 1. The minimum atomic E-state index is -0.640. The molecule has 63 heavy (non-hydrogen) atoms. The van der Waals surface area contributed by atoms with Crippen molar-refractivity contribution in [3.05, 3.63) is 48.1 Å². The molecule has 1 aromatic rings. The van der Waals surface area contributed by atoms with Crippen LogP contribution in [0.5, 0.6) is 11.5 Å². The molecule has 0 amide bonds. The van der Waals surface area contributed by atoms with E-state index in [4.69, 9.17) is 14.2 Å². The quantitative estimate of drug-likeness (QED) is 0.0303. The van der Waals surface area contributed by atoms with Gasteiger partial charge in [0, 0.05) is 24.9 Å². The number of rotatable bonds is 42. The van der Waals surface area contributed by atoms with Crippen LogP contribution in [0, 0.1) is 0 Å². The number of hydrogen-bond donors (Lipinski definition) is 1. The van der Waals surface area contributed by atoms with Crippen LogP contribution in [0.25, 0.3) is 0 Å². The molecule has 0 aromatic heterocycles. The van der Waals surface area contributed by atoms with Gasteiger partial charge in [0.15, 0.2) is 11.5 Å². The Morgan fingerprint density at radius 1 is 0.524 bits per heavy atom. The van der Waals surface area contributed by atoms with Crippen molar-refractivity contribution in [2.75, 3.05) is 6.54 Å². The maximum atomic E-state index is 13.2. The highest BCUT2D eigenvalue weighted by atomic mass is 16.6. The Hall–Kier alpha value is -2.93. The fraction of sp³-hybridized carbons (Fsp3) is 0.768. The molecule has 1 atom stereocenters. The summed E-state index contributed by atoms with van der Waals surface area (Å²) in [6, 6.07) is 5.17. The molecule has 0 radical (unpaired) electrons. The summed E-state index contributed by atoms with van der Waals surface area (Å²) < 4.78 is 17.8. The van der Waals surface area contributed by atoms with Gasteiger partial charge in [-0.2, -0.15) is 0 Å². The molecule has 0 bridgehead atoms. The van der Waals surface area contributed by atoms with E-state index in [0.29, 0.717) is 24.9 Å². The van der Waals surface area contributed by atoms with Crippen molar-refractivity contribution >= 4 is 17.9 Å². The van der Waals surface area contributed by atoms with Crippen LogP contribution in [0.2, 0.25) is 0 Å². The number of esters is 3. The third-order valence-corrected chi connectivity index (χ3v) is 11.8. The first kappa shape index (κ1) is 58.1. The van der Waals surface area contributed by atoms with Gasteiger partial charge in [-0.1, -0.05) is 224 Å². The highest BCUT2D eigenvalue weighted by Crippen LogP contribution is 2.33. The van der Waals surface area contributed by atoms with E-state index in [0.717, 1.165) is 44.9 Å². The second kappa shape index (κ2) is 40.6. The highest BCUT2D eigenvalue weighted by molar-refractivity contribution is 5.76. The van der Waals surface area contributed by atoms with Crippen LogP contribution in [-0.2, 0) is 19.1 Å². The first-order valence-electron chi connectivity index (χ1n) is 26.4. The van der Waals surface area contributed by atoms with E-state index in [2.05, 4.69) is 39.9 Å². The van der Waals surface area contributed by atoms with E-state index in [1.165, 1.54) is 154 Å². The molecule has 0 spiro atoms. The molecule has 0 saturated carbocycles. The van der Waals surface area contributed by atoms with Crippen molar-refractivity contribution in [3.8, 4) is 11.5 Å². The zero-order chi connectivity index (χ0) is 46.1. The maximum Gasteiger partial charge on any atom is 0.311 e. The Labute approximate surface area is 388 Å². The summed E-state index contributed by atoms with van der Waals surface area (Å²) in [6.07, 6.45) is 46.5. The number of nitrogens with one attached hydrogen (secondary N) is 1. The van der Waals surface area contributed by atoms with Gasteiger partial charge in [-0.25, -0.2) is 0 Å². The maximum absolute atomic E-state index is 13.2. The summed E-state index contributed by atoms with van der Waals surface area (Å²) in [4.78, 5) is 39.3. The zero-order valence-electron chi connectivity index (χ0n) is 41.8. The fourth-order valence-electron chi connectivity index (χ4n) is 7.84. The number of carbonyl (C=O) groups excluding carboxylic acids is 3. The summed E-state index contributed by atoms with van der Waals surface area (Å²) in [6.45, 7) is 13.0. The van der Waals surface area contributed by atoms with E-state index >= 15 is 0 Å². The fourth-order valence-corrected chi connectivity index (χ4v) is 7.84. The molecule has 1 unspecified atom stereocenters. The SMILES string of the molecule is CC=CCC=CCC(=O)OC(CNC(C)(C)C)c1ccc(OC(=O)CCCCCCCCCCCCCCCCC)c(OC(=O)CCCCCCCCCCCCCCCCC)c1. The minimum absolute atomic E-state index is 0.152. The van der Waals surface area contributed by atoms with E-state index in [9.17, 15) is 14.4 Å². The number of carbonyl (C=O) groups is 3. The van der Waals surface area contributed by atoms with Crippen LogP contribution in [-0.4, -0.2) is 30.0 Å².